The molecule has 140 valence electrons. The Kier molecular flexibility index (Phi) is 4.43. The van der Waals surface area contributed by atoms with Crippen LogP contribution in [0.25, 0.3) is 33.5 Å². The van der Waals surface area contributed by atoms with Gasteiger partial charge in [0.15, 0.2) is 0 Å². The fourth-order valence-corrected chi connectivity index (χ4v) is 3.21. The molecule has 5 heteroatoms. The molecular formula is C23H22N4O. The number of para-hydroxylation sites is 2. The van der Waals surface area contributed by atoms with E-state index in [1.54, 1.807) is 0 Å². The van der Waals surface area contributed by atoms with Crippen molar-refractivity contribution in [3.05, 3.63) is 72.6 Å². The summed E-state index contributed by atoms with van der Waals surface area (Å²) < 4.78 is 0. The van der Waals surface area contributed by atoms with Crippen molar-refractivity contribution in [1.82, 2.24) is 15.0 Å². The second-order valence-corrected chi connectivity index (χ2v) is 7.61. The lowest BCUT2D eigenvalue weighted by molar-refractivity contribution is -0.125. The van der Waals surface area contributed by atoms with Crippen LogP contribution in [-0.2, 0) is 11.2 Å². The molecule has 3 N–H and O–H groups in total. The largest absolute Gasteiger partial charge is 0.369 e. The first-order valence-corrected chi connectivity index (χ1v) is 9.23. The number of fused-ring (bicyclic) bond motifs is 1. The van der Waals surface area contributed by atoms with Crippen LogP contribution in [0.3, 0.4) is 0 Å². The van der Waals surface area contributed by atoms with Gasteiger partial charge in [0.2, 0.25) is 5.91 Å². The maximum absolute atomic E-state index is 11.9. The molecule has 2 aromatic heterocycles. The third-order valence-electron chi connectivity index (χ3n) is 5.00. The number of rotatable bonds is 5. The highest BCUT2D eigenvalue weighted by molar-refractivity contribution is 5.83. The van der Waals surface area contributed by atoms with Crippen molar-refractivity contribution in [2.24, 2.45) is 11.1 Å². The zero-order valence-electron chi connectivity index (χ0n) is 15.9. The maximum Gasteiger partial charge on any atom is 0.223 e. The van der Waals surface area contributed by atoms with E-state index in [0.717, 1.165) is 39.2 Å². The van der Waals surface area contributed by atoms with E-state index in [1.165, 1.54) is 0 Å². The summed E-state index contributed by atoms with van der Waals surface area (Å²) >= 11 is 0. The van der Waals surface area contributed by atoms with E-state index in [-0.39, 0.29) is 5.91 Å². The summed E-state index contributed by atoms with van der Waals surface area (Å²) in [7, 11) is 0. The van der Waals surface area contributed by atoms with Crippen molar-refractivity contribution < 1.29 is 4.79 Å². The van der Waals surface area contributed by atoms with Gasteiger partial charge in [-0.15, -0.1) is 0 Å². The topological polar surface area (TPSA) is 84.7 Å². The van der Waals surface area contributed by atoms with Crippen molar-refractivity contribution in [3.63, 3.8) is 0 Å². The van der Waals surface area contributed by atoms with E-state index < -0.39 is 5.41 Å². The molecule has 0 aliphatic heterocycles. The van der Waals surface area contributed by atoms with Crippen LogP contribution in [0.1, 0.15) is 19.5 Å². The van der Waals surface area contributed by atoms with Gasteiger partial charge in [0.25, 0.3) is 0 Å². The number of aromatic amines is 1. The molecule has 0 unspecified atom stereocenters. The van der Waals surface area contributed by atoms with Gasteiger partial charge in [-0.1, -0.05) is 56.3 Å². The number of benzene rings is 2. The summed E-state index contributed by atoms with van der Waals surface area (Å²) in [5.74, 6) is 0.388. The van der Waals surface area contributed by atoms with Gasteiger partial charge in [-0.25, -0.2) is 4.98 Å². The highest BCUT2D eigenvalue weighted by Crippen LogP contribution is 2.31. The number of carbonyl (C=O) groups is 1. The van der Waals surface area contributed by atoms with Crippen molar-refractivity contribution in [2.75, 3.05) is 0 Å². The number of nitrogens with two attached hydrogens (primary N) is 1. The summed E-state index contributed by atoms with van der Waals surface area (Å²) in [6.07, 6.45) is 2.28. The Bertz CT molecular complexity index is 1110. The first kappa shape index (κ1) is 17.9. The monoisotopic (exact) mass is 370 g/mol. The maximum atomic E-state index is 11.9. The highest BCUT2D eigenvalue weighted by atomic mass is 16.1. The molecule has 1 amide bonds. The van der Waals surface area contributed by atoms with Gasteiger partial charge in [-0.2, -0.15) is 0 Å². The van der Waals surface area contributed by atoms with Crippen molar-refractivity contribution >= 4 is 16.9 Å². The Morgan fingerprint density at radius 3 is 2.46 bits per heavy atom. The third-order valence-corrected chi connectivity index (χ3v) is 5.00. The Balaban J connectivity index is 1.87. The second-order valence-electron chi connectivity index (χ2n) is 7.61. The Morgan fingerprint density at radius 2 is 1.75 bits per heavy atom. The van der Waals surface area contributed by atoms with Crippen molar-refractivity contribution in [1.29, 1.82) is 0 Å². The van der Waals surface area contributed by atoms with Crippen molar-refractivity contribution in [2.45, 2.75) is 20.3 Å². The lowest BCUT2D eigenvalue weighted by Crippen LogP contribution is -2.33. The molecule has 28 heavy (non-hydrogen) atoms. The van der Waals surface area contributed by atoms with Crippen LogP contribution in [-0.4, -0.2) is 20.9 Å². The molecular weight excluding hydrogens is 348 g/mol. The van der Waals surface area contributed by atoms with Gasteiger partial charge < -0.3 is 10.7 Å². The number of nitrogens with zero attached hydrogens (tertiary/aromatic N) is 2. The first-order chi connectivity index (χ1) is 13.4. The molecule has 0 fully saturated rings. The molecule has 4 rings (SSSR count). The molecule has 0 atom stereocenters. The van der Waals surface area contributed by atoms with Crippen LogP contribution in [0.5, 0.6) is 0 Å². The number of aromatic nitrogens is 3. The fraction of sp³-hybridized carbons (Fsp3) is 0.174. The fourth-order valence-electron chi connectivity index (χ4n) is 3.21. The minimum absolute atomic E-state index is 0.350. The van der Waals surface area contributed by atoms with Crippen LogP contribution in [0.4, 0.5) is 0 Å². The smallest absolute Gasteiger partial charge is 0.223 e. The quantitative estimate of drug-likeness (QED) is 0.548. The predicted octanol–water partition coefficient (Wildman–Crippen LogP) is 4.35. The minimum Gasteiger partial charge on any atom is -0.369 e. The molecule has 0 spiro atoms. The van der Waals surface area contributed by atoms with E-state index in [0.29, 0.717) is 6.42 Å². The number of nitrogens with one attached hydrogen (secondary N) is 1. The summed E-state index contributed by atoms with van der Waals surface area (Å²) in [5, 5.41) is 0. The van der Waals surface area contributed by atoms with Crippen LogP contribution >= 0.6 is 0 Å². The number of H-pyrrole nitrogens is 1. The molecule has 2 aromatic carbocycles. The van der Waals surface area contributed by atoms with Crippen LogP contribution in [0.15, 0.2) is 66.9 Å². The van der Waals surface area contributed by atoms with Gasteiger partial charge in [-0.05, 0) is 23.8 Å². The number of carbonyl (C=O) groups excluding carboxylic acids is 1. The number of pyridine rings is 1. The third kappa shape index (κ3) is 3.39. The van der Waals surface area contributed by atoms with E-state index in [9.17, 15) is 4.79 Å². The molecule has 4 aromatic rings. The van der Waals surface area contributed by atoms with E-state index in [4.69, 9.17) is 15.7 Å². The summed E-state index contributed by atoms with van der Waals surface area (Å²) in [4.78, 5) is 24.7. The zero-order valence-corrected chi connectivity index (χ0v) is 15.9. The zero-order chi connectivity index (χ0) is 19.7. The van der Waals surface area contributed by atoms with Gasteiger partial charge in [0.05, 0.1) is 16.7 Å². The molecule has 5 nitrogen and oxygen atoms in total. The number of hydrogen-bond acceptors (Lipinski definition) is 3. The average molecular weight is 370 g/mol. The average Bonchev–Trinajstić information content (AvgIpc) is 3.12. The molecule has 0 aliphatic carbocycles. The standard InChI is InChI=1S/C23H22N4O/c1-23(2,22(24)28)13-20-17(21-26-18-10-6-7-11-19(18)27-21)12-16(14-25-20)15-8-4-3-5-9-15/h3-12,14H,13H2,1-2H3,(H2,24,28)(H,26,27). The van der Waals surface area contributed by atoms with E-state index >= 15 is 0 Å². The van der Waals surface area contributed by atoms with Gasteiger partial charge >= 0.3 is 0 Å². The highest BCUT2D eigenvalue weighted by Gasteiger charge is 2.28. The Morgan fingerprint density at radius 1 is 1.04 bits per heavy atom. The normalized spacial score (nSPS) is 11.6. The van der Waals surface area contributed by atoms with E-state index in [1.807, 2.05) is 74.6 Å². The lowest BCUT2D eigenvalue weighted by atomic mass is 9.85. The van der Waals surface area contributed by atoms with Crippen LogP contribution < -0.4 is 5.73 Å². The molecule has 0 saturated heterocycles. The predicted molar refractivity (Wildman–Crippen MR) is 111 cm³/mol. The Hall–Kier alpha value is -3.47. The van der Waals surface area contributed by atoms with Crippen LogP contribution in [0, 0.1) is 5.41 Å². The second kappa shape index (κ2) is 6.93. The summed E-state index contributed by atoms with van der Waals surface area (Å²) in [5.41, 5.74) is 10.5. The lowest BCUT2D eigenvalue weighted by Gasteiger charge is -2.21. The molecule has 0 saturated carbocycles. The molecule has 0 bridgehead atoms. The molecule has 0 radical (unpaired) electrons. The first-order valence-electron chi connectivity index (χ1n) is 9.23. The number of amides is 1. The summed E-state index contributed by atoms with van der Waals surface area (Å²) in [6.45, 7) is 3.68. The minimum atomic E-state index is -0.706. The summed E-state index contributed by atoms with van der Waals surface area (Å²) in [6, 6.07) is 20.1. The van der Waals surface area contributed by atoms with Gasteiger partial charge in [0, 0.05) is 29.2 Å². The van der Waals surface area contributed by atoms with E-state index in [2.05, 4.69) is 11.1 Å². The number of primary amides is 1. The van der Waals surface area contributed by atoms with Crippen LogP contribution in [0.2, 0.25) is 0 Å². The molecule has 0 aliphatic rings. The van der Waals surface area contributed by atoms with Gasteiger partial charge in [-0.3, -0.25) is 9.78 Å². The SMILES string of the molecule is CC(C)(Cc1ncc(-c2ccccc2)cc1-c1nc2ccccc2[nH]1)C(N)=O. The Labute approximate surface area is 163 Å². The molecule has 2 heterocycles. The number of hydrogen-bond donors (Lipinski definition) is 2. The van der Waals surface area contributed by atoms with Crippen molar-refractivity contribution in [3.8, 4) is 22.5 Å². The number of imidazole rings is 1. The van der Waals surface area contributed by atoms with Gasteiger partial charge in [0.1, 0.15) is 5.82 Å².